The summed E-state index contributed by atoms with van der Waals surface area (Å²) in [6.45, 7) is 4.38. The molecule has 0 spiro atoms. The zero-order chi connectivity index (χ0) is 13.8. The van der Waals surface area contributed by atoms with Gasteiger partial charge in [-0.15, -0.1) is 11.3 Å². The minimum atomic E-state index is 0.322. The lowest BCUT2D eigenvalue weighted by Crippen LogP contribution is -2.18. The van der Waals surface area contributed by atoms with Crippen LogP contribution < -0.4 is 5.32 Å². The number of aromatic nitrogens is 2. The average Bonchev–Trinajstić information content (AvgIpc) is 3.04. The summed E-state index contributed by atoms with van der Waals surface area (Å²) in [5.74, 6) is 0. The third-order valence-corrected chi connectivity index (χ3v) is 4.98. The second kappa shape index (κ2) is 6.68. The molecule has 0 radical (unpaired) electrons. The molecule has 0 aliphatic rings. The van der Waals surface area contributed by atoms with Crippen molar-refractivity contribution >= 4 is 27.3 Å². The van der Waals surface area contributed by atoms with Gasteiger partial charge in [-0.05, 0) is 59.4 Å². The Morgan fingerprint density at radius 3 is 2.89 bits per heavy atom. The van der Waals surface area contributed by atoms with Crippen LogP contribution in [0.25, 0.3) is 0 Å². The van der Waals surface area contributed by atoms with Crippen LogP contribution in [-0.2, 0) is 6.42 Å². The van der Waals surface area contributed by atoms with Gasteiger partial charge in [0.25, 0.3) is 0 Å². The fourth-order valence-corrected chi connectivity index (χ4v) is 3.25. The van der Waals surface area contributed by atoms with Gasteiger partial charge < -0.3 is 5.32 Å². The summed E-state index contributed by atoms with van der Waals surface area (Å²) < 4.78 is 3.24. The Morgan fingerprint density at radius 1 is 1.53 bits per heavy atom. The number of nitrogens with one attached hydrogen (secondary N) is 1. The molecule has 0 aliphatic heterocycles. The lowest BCUT2D eigenvalue weighted by Gasteiger charge is -2.13. The van der Waals surface area contributed by atoms with Crippen LogP contribution in [-0.4, -0.2) is 16.8 Å². The first-order valence-corrected chi connectivity index (χ1v) is 8.26. The standard InChI is InChI=1S/C14H20BrN3S/c1-4-10(2)18-6-5-12(17-18)8-13(16-3)11-7-14(15)19-9-11/h5-7,9-10,13,16H,4,8H2,1-3H3. The molecule has 2 aromatic rings. The van der Waals surface area contributed by atoms with E-state index in [9.17, 15) is 0 Å². The summed E-state index contributed by atoms with van der Waals surface area (Å²) in [5, 5.41) is 10.2. The number of hydrogen-bond donors (Lipinski definition) is 1. The molecule has 2 aromatic heterocycles. The molecule has 0 fully saturated rings. The molecule has 0 aromatic carbocycles. The van der Waals surface area contributed by atoms with Crippen LogP contribution in [0.2, 0.25) is 0 Å². The summed E-state index contributed by atoms with van der Waals surface area (Å²) in [5.41, 5.74) is 2.46. The molecule has 0 aliphatic carbocycles. The van der Waals surface area contributed by atoms with Crippen LogP contribution in [0.4, 0.5) is 0 Å². The van der Waals surface area contributed by atoms with Gasteiger partial charge in [0.1, 0.15) is 0 Å². The molecule has 0 saturated carbocycles. The molecular formula is C14H20BrN3S. The van der Waals surface area contributed by atoms with Crippen molar-refractivity contribution < 1.29 is 0 Å². The monoisotopic (exact) mass is 341 g/mol. The van der Waals surface area contributed by atoms with Crippen molar-refractivity contribution in [1.82, 2.24) is 15.1 Å². The van der Waals surface area contributed by atoms with Crippen LogP contribution >= 0.6 is 27.3 Å². The highest BCUT2D eigenvalue weighted by Crippen LogP contribution is 2.27. The molecule has 104 valence electrons. The highest BCUT2D eigenvalue weighted by molar-refractivity contribution is 9.11. The summed E-state index contributed by atoms with van der Waals surface area (Å²) in [6.07, 6.45) is 4.11. The fourth-order valence-electron chi connectivity index (χ4n) is 2.02. The van der Waals surface area contributed by atoms with Gasteiger partial charge in [-0.25, -0.2) is 0 Å². The zero-order valence-electron chi connectivity index (χ0n) is 11.6. The Balaban J connectivity index is 2.08. The smallest absolute Gasteiger partial charge is 0.0701 e. The molecule has 3 nitrogen and oxygen atoms in total. The van der Waals surface area contributed by atoms with Gasteiger partial charge in [0.2, 0.25) is 0 Å². The molecule has 19 heavy (non-hydrogen) atoms. The fraction of sp³-hybridized carbons (Fsp3) is 0.500. The van der Waals surface area contributed by atoms with Crippen molar-refractivity contribution in [2.24, 2.45) is 0 Å². The quantitative estimate of drug-likeness (QED) is 0.853. The molecule has 0 bridgehead atoms. The van der Waals surface area contributed by atoms with E-state index in [1.165, 1.54) is 9.35 Å². The number of rotatable bonds is 6. The molecule has 0 saturated heterocycles. The maximum Gasteiger partial charge on any atom is 0.0701 e. The van der Waals surface area contributed by atoms with Crippen molar-refractivity contribution in [2.75, 3.05) is 7.05 Å². The van der Waals surface area contributed by atoms with Gasteiger partial charge in [-0.3, -0.25) is 4.68 Å². The van der Waals surface area contributed by atoms with E-state index < -0.39 is 0 Å². The Bertz CT molecular complexity index is 520. The van der Waals surface area contributed by atoms with E-state index in [4.69, 9.17) is 0 Å². The van der Waals surface area contributed by atoms with Gasteiger partial charge in [-0.1, -0.05) is 6.92 Å². The number of thiophene rings is 1. The molecular weight excluding hydrogens is 322 g/mol. The van der Waals surface area contributed by atoms with Crippen LogP contribution in [0, 0.1) is 0 Å². The summed E-state index contributed by atoms with van der Waals surface area (Å²) in [7, 11) is 2.00. The lowest BCUT2D eigenvalue weighted by atomic mass is 10.1. The third kappa shape index (κ3) is 3.68. The molecule has 0 amide bonds. The van der Waals surface area contributed by atoms with E-state index in [1.54, 1.807) is 11.3 Å². The van der Waals surface area contributed by atoms with Crippen LogP contribution in [0.5, 0.6) is 0 Å². The minimum absolute atomic E-state index is 0.322. The molecule has 5 heteroatoms. The van der Waals surface area contributed by atoms with Gasteiger partial charge in [0.15, 0.2) is 0 Å². The predicted molar refractivity (Wildman–Crippen MR) is 84.8 cm³/mol. The molecule has 2 atom stereocenters. The SMILES string of the molecule is CCC(C)n1ccc(CC(NC)c2csc(Br)c2)n1. The molecule has 2 heterocycles. The first kappa shape index (κ1) is 14.8. The van der Waals surface area contributed by atoms with Crippen molar-refractivity contribution in [3.63, 3.8) is 0 Å². The van der Waals surface area contributed by atoms with Gasteiger partial charge in [0.05, 0.1) is 9.48 Å². The van der Waals surface area contributed by atoms with E-state index in [0.717, 1.165) is 18.5 Å². The third-order valence-electron chi connectivity index (χ3n) is 3.46. The largest absolute Gasteiger partial charge is 0.313 e. The maximum absolute atomic E-state index is 4.67. The van der Waals surface area contributed by atoms with Crippen LogP contribution in [0.15, 0.2) is 27.5 Å². The molecule has 1 N–H and O–H groups in total. The van der Waals surface area contributed by atoms with E-state index in [2.05, 4.69) is 68.6 Å². The summed E-state index contributed by atoms with van der Waals surface area (Å²) in [6, 6.07) is 5.09. The normalized spacial score (nSPS) is 14.5. The lowest BCUT2D eigenvalue weighted by molar-refractivity contribution is 0.469. The van der Waals surface area contributed by atoms with Gasteiger partial charge >= 0.3 is 0 Å². The summed E-state index contributed by atoms with van der Waals surface area (Å²) in [4.78, 5) is 0. The predicted octanol–water partition coefficient (Wildman–Crippen LogP) is 4.18. The average molecular weight is 342 g/mol. The number of nitrogens with zero attached hydrogens (tertiary/aromatic N) is 2. The van der Waals surface area contributed by atoms with Crippen LogP contribution in [0.1, 0.15) is 43.6 Å². The zero-order valence-corrected chi connectivity index (χ0v) is 14.0. The van der Waals surface area contributed by atoms with E-state index in [0.29, 0.717) is 12.1 Å². The van der Waals surface area contributed by atoms with Gasteiger partial charge in [-0.2, -0.15) is 5.10 Å². The minimum Gasteiger partial charge on any atom is -0.313 e. The maximum atomic E-state index is 4.67. The number of likely N-dealkylation sites (N-methyl/N-ethyl adjacent to an activating group) is 1. The van der Waals surface area contributed by atoms with Crippen molar-refractivity contribution in [1.29, 1.82) is 0 Å². The second-order valence-electron chi connectivity index (χ2n) is 4.77. The van der Waals surface area contributed by atoms with E-state index in [1.807, 2.05) is 7.05 Å². The van der Waals surface area contributed by atoms with E-state index >= 15 is 0 Å². The highest BCUT2D eigenvalue weighted by atomic mass is 79.9. The first-order chi connectivity index (χ1) is 9.13. The van der Waals surface area contributed by atoms with E-state index in [-0.39, 0.29) is 0 Å². The van der Waals surface area contributed by atoms with Gasteiger partial charge in [0, 0.05) is 24.7 Å². The summed E-state index contributed by atoms with van der Waals surface area (Å²) >= 11 is 5.24. The second-order valence-corrected chi connectivity index (χ2v) is 7.06. The van der Waals surface area contributed by atoms with Crippen LogP contribution in [0.3, 0.4) is 0 Å². The Hall–Kier alpha value is -0.650. The van der Waals surface area contributed by atoms with Crippen molar-refractivity contribution in [3.05, 3.63) is 38.8 Å². The Kier molecular flexibility index (Phi) is 5.19. The topological polar surface area (TPSA) is 29.9 Å². The number of halogens is 1. The molecule has 2 rings (SSSR count). The Labute approximate surface area is 127 Å². The highest BCUT2D eigenvalue weighted by Gasteiger charge is 2.14. The Morgan fingerprint density at radius 2 is 2.32 bits per heavy atom. The first-order valence-electron chi connectivity index (χ1n) is 6.59. The van der Waals surface area contributed by atoms with Crippen molar-refractivity contribution in [2.45, 2.75) is 38.8 Å². The molecule has 2 unspecified atom stereocenters. The van der Waals surface area contributed by atoms with Crippen molar-refractivity contribution in [3.8, 4) is 0 Å². The number of hydrogen-bond acceptors (Lipinski definition) is 3.